The van der Waals surface area contributed by atoms with E-state index in [1.165, 1.54) is 38.5 Å². The predicted molar refractivity (Wildman–Crippen MR) is 128 cm³/mol. The maximum Gasteiger partial charge on any atom is 0.142 e. The first-order valence-corrected chi connectivity index (χ1v) is 13.0. The van der Waals surface area contributed by atoms with E-state index in [0.717, 1.165) is 42.2 Å². The third kappa shape index (κ3) is 3.22. The summed E-state index contributed by atoms with van der Waals surface area (Å²) < 4.78 is 0. The van der Waals surface area contributed by atoms with E-state index in [1.807, 2.05) is 12.3 Å². The van der Waals surface area contributed by atoms with E-state index in [1.54, 1.807) is 0 Å². The summed E-state index contributed by atoms with van der Waals surface area (Å²) in [7, 11) is 0. The number of hydrogen-bond donors (Lipinski definition) is 1. The molecule has 4 saturated carbocycles. The average molecular weight is 422 g/mol. The van der Waals surface area contributed by atoms with Gasteiger partial charge in [-0.3, -0.25) is 4.79 Å². The molecule has 2 heteroatoms. The van der Waals surface area contributed by atoms with Crippen LogP contribution in [-0.4, -0.2) is 5.78 Å². The minimum atomic E-state index is 0.0614. The normalized spacial score (nSPS) is 47.0. The Bertz CT molecular complexity index is 828. The highest BCUT2D eigenvalue weighted by Gasteiger charge is 2.62. The zero-order chi connectivity index (χ0) is 22.0. The number of carbonyl (C=O) groups excluding carboxylic acids is 1. The molecule has 5 rings (SSSR count). The molecule has 31 heavy (non-hydrogen) atoms. The van der Waals surface area contributed by atoms with Gasteiger partial charge in [0.1, 0.15) is 5.78 Å². The van der Waals surface area contributed by atoms with Gasteiger partial charge in [0.05, 0.1) is 5.92 Å². The molecule has 1 N–H and O–H groups in total. The Morgan fingerprint density at radius 2 is 1.61 bits per heavy atom. The molecule has 3 unspecified atom stereocenters. The summed E-state index contributed by atoms with van der Waals surface area (Å²) in [5.74, 6) is 4.46. The Kier molecular flexibility index (Phi) is 5.11. The molecule has 0 aromatic rings. The highest BCUT2D eigenvalue weighted by molar-refractivity contribution is 5.85. The van der Waals surface area contributed by atoms with Crippen LogP contribution in [0.3, 0.4) is 0 Å². The van der Waals surface area contributed by atoms with Gasteiger partial charge in [-0.15, -0.1) is 0 Å². The van der Waals surface area contributed by atoms with Crippen molar-refractivity contribution >= 4 is 5.78 Å². The zero-order valence-electron chi connectivity index (χ0n) is 20.4. The summed E-state index contributed by atoms with van der Waals surface area (Å²) in [4.78, 5) is 13.2. The van der Waals surface area contributed by atoms with Crippen molar-refractivity contribution in [2.45, 2.75) is 86.0 Å². The molecule has 0 aromatic carbocycles. The van der Waals surface area contributed by atoms with Crippen LogP contribution in [0.15, 0.2) is 36.2 Å². The van der Waals surface area contributed by atoms with Crippen molar-refractivity contribution in [3.8, 4) is 0 Å². The minimum absolute atomic E-state index is 0.0614. The molecular formula is C29H43NO. The third-order valence-electron chi connectivity index (χ3n) is 10.8. The summed E-state index contributed by atoms with van der Waals surface area (Å²) >= 11 is 0. The molecule has 0 saturated heterocycles. The fourth-order valence-electron chi connectivity index (χ4n) is 9.65. The quantitative estimate of drug-likeness (QED) is 0.492. The highest BCUT2D eigenvalue weighted by atomic mass is 16.1. The molecular weight excluding hydrogens is 378 g/mol. The van der Waals surface area contributed by atoms with E-state index in [-0.39, 0.29) is 5.92 Å². The zero-order valence-corrected chi connectivity index (χ0v) is 20.4. The molecule has 1 heterocycles. The van der Waals surface area contributed by atoms with Gasteiger partial charge in [-0.25, -0.2) is 0 Å². The Labute approximate surface area is 190 Å². The first-order chi connectivity index (χ1) is 14.7. The Morgan fingerprint density at radius 3 is 2.39 bits per heavy atom. The lowest BCUT2D eigenvalue weighted by atomic mass is 9.42. The van der Waals surface area contributed by atoms with Crippen LogP contribution in [0, 0.1) is 51.8 Å². The van der Waals surface area contributed by atoms with Crippen LogP contribution in [0.5, 0.6) is 0 Å². The third-order valence-corrected chi connectivity index (χ3v) is 10.8. The molecule has 0 bridgehead atoms. The van der Waals surface area contributed by atoms with Gasteiger partial charge in [0, 0.05) is 18.3 Å². The van der Waals surface area contributed by atoms with E-state index >= 15 is 0 Å². The summed E-state index contributed by atoms with van der Waals surface area (Å²) in [6.45, 7) is 12.7. The minimum Gasteiger partial charge on any atom is -0.364 e. The number of allylic oxidation sites excluding steroid dienone is 5. The van der Waals surface area contributed by atoms with Crippen molar-refractivity contribution in [1.82, 2.24) is 5.32 Å². The van der Waals surface area contributed by atoms with Gasteiger partial charge < -0.3 is 5.32 Å². The lowest BCUT2D eigenvalue weighted by molar-refractivity contribution is -0.150. The van der Waals surface area contributed by atoms with Gasteiger partial charge >= 0.3 is 0 Å². The number of hydrogen-bond acceptors (Lipinski definition) is 2. The van der Waals surface area contributed by atoms with Gasteiger partial charge in [0.25, 0.3) is 0 Å². The number of nitrogens with one attached hydrogen (secondary N) is 1. The van der Waals surface area contributed by atoms with Crippen LogP contribution in [-0.2, 0) is 4.79 Å². The molecule has 2 nitrogen and oxygen atoms in total. The number of fused-ring (bicyclic) bond motifs is 5. The van der Waals surface area contributed by atoms with Crippen molar-refractivity contribution in [3.63, 3.8) is 0 Å². The van der Waals surface area contributed by atoms with Gasteiger partial charge in [-0.2, -0.15) is 0 Å². The van der Waals surface area contributed by atoms with Crippen LogP contribution >= 0.6 is 0 Å². The van der Waals surface area contributed by atoms with Crippen molar-refractivity contribution in [3.05, 3.63) is 36.2 Å². The molecule has 1 aliphatic heterocycles. The maximum atomic E-state index is 13.2. The fraction of sp³-hybridized carbons (Fsp3) is 0.759. The van der Waals surface area contributed by atoms with E-state index in [4.69, 9.17) is 0 Å². The van der Waals surface area contributed by atoms with Crippen LogP contribution in [0.2, 0.25) is 0 Å². The lowest BCUT2D eigenvalue weighted by Crippen LogP contribution is -2.57. The number of carbonyl (C=O) groups is 1. The summed E-state index contributed by atoms with van der Waals surface area (Å²) in [6.07, 6.45) is 20.4. The van der Waals surface area contributed by atoms with Crippen LogP contribution in [0.4, 0.5) is 0 Å². The number of ketones is 1. The molecule has 0 amide bonds. The second kappa shape index (κ2) is 7.35. The average Bonchev–Trinajstić information content (AvgIpc) is 2.88. The molecule has 8 atom stereocenters. The fourth-order valence-corrected chi connectivity index (χ4v) is 9.65. The van der Waals surface area contributed by atoms with Gasteiger partial charge in [-0.1, -0.05) is 46.8 Å². The second-order valence-corrected chi connectivity index (χ2v) is 13.1. The standard InChI is InChI=1S/C29H43NO/c1-27(2,3)25-13-12-20-19-10-11-22-26(23-9-7-6-8-18-30-23)24(31)15-17-28(22,4)21(19)14-16-29(20,25)5/h6-9,18-22,25-26,30H,10-17H2,1-5H3/t19-,20-,21-,22?,25?,26?,28+,29-/m0/s1. The molecule has 0 spiro atoms. The Morgan fingerprint density at radius 1 is 0.871 bits per heavy atom. The number of Topliss-reactive ketones (excluding diaryl/α,β-unsaturated/α-hetero) is 1. The topological polar surface area (TPSA) is 29.1 Å². The Hall–Kier alpha value is -1.31. The van der Waals surface area contributed by atoms with Crippen molar-refractivity contribution in [1.29, 1.82) is 0 Å². The van der Waals surface area contributed by atoms with E-state index in [2.05, 4.69) is 58.2 Å². The second-order valence-electron chi connectivity index (χ2n) is 13.1. The number of rotatable bonds is 1. The van der Waals surface area contributed by atoms with Crippen molar-refractivity contribution in [2.24, 2.45) is 51.8 Å². The first kappa shape index (κ1) is 21.5. The maximum absolute atomic E-state index is 13.2. The molecule has 0 aromatic heterocycles. The monoisotopic (exact) mass is 421 g/mol. The smallest absolute Gasteiger partial charge is 0.142 e. The van der Waals surface area contributed by atoms with Crippen LogP contribution in [0.1, 0.15) is 86.0 Å². The highest BCUT2D eigenvalue weighted by Crippen LogP contribution is 2.69. The van der Waals surface area contributed by atoms with E-state index in [0.29, 0.717) is 27.9 Å². The van der Waals surface area contributed by atoms with Gasteiger partial charge in [0.15, 0.2) is 0 Å². The molecule has 5 aliphatic rings. The SMILES string of the molecule is CC(C)(C)C1CC[C@H]2[C@@H]3CCC4C(C5=CC=CC=CN5)C(=O)CC[C@]4(C)[C@H]3CC[C@]12C. The molecule has 4 aliphatic carbocycles. The summed E-state index contributed by atoms with van der Waals surface area (Å²) in [6, 6.07) is 0. The Balaban J connectivity index is 1.45. The molecule has 4 fully saturated rings. The summed E-state index contributed by atoms with van der Waals surface area (Å²) in [5.41, 5.74) is 2.38. The van der Waals surface area contributed by atoms with Crippen molar-refractivity contribution < 1.29 is 4.79 Å². The van der Waals surface area contributed by atoms with Gasteiger partial charge in [0.2, 0.25) is 0 Å². The first-order valence-electron chi connectivity index (χ1n) is 13.0. The largest absolute Gasteiger partial charge is 0.364 e. The van der Waals surface area contributed by atoms with E-state index < -0.39 is 0 Å². The van der Waals surface area contributed by atoms with Crippen LogP contribution < -0.4 is 5.32 Å². The lowest BCUT2D eigenvalue weighted by Gasteiger charge is -2.62. The van der Waals surface area contributed by atoms with E-state index in [9.17, 15) is 4.79 Å². The van der Waals surface area contributed by atoms with Crippen LogP contribution in [0.25, 0.3) is 0 Å². The predicted octanol–water partition coefficient (Wildman–Crippen LogP) is 7.04. The summed E-state index contributed by atoms with van der Waals surface area (Å²) in [5, 5.41) is 3.47. The molecule has 170 valence electrons. The molecule has 0 radical (unpaired) electrons. The van der Waals surface area contributed by atoms with Crippen molar-refractivity contribution in [2.75, 3.05) is 0 Å². The van der Waals surface area contributed by atoms with Gasteiger partial charge in [-0.05, 0) is 103 Å².